The summed E-state index contributed by atoms with van der Waals surface area (Å²) in [5, 5.41) is 9.06. The van der Waals surface area contributed by atoms with Crippen LogP contribution in [0, 0.1) is 6.92 Å². The predicted molar refractivity (Wildman–Crippen MR) is 96.9 cm³/mol. The smallest absolute Gasteiger partial charge is 0.344 e. The first kappa shape index (κ1) is 18.0. The van der Waals surface area contributed by atoms with Gasteiger partial charge in [-0.15, -0.1) is 0 Å². The number of para-hydroxylation sites is 1. The van der Waals surface area contributed by atoms with E-state index in [1.165, 1.54) is 14.0 Å². The molecule has 0 fully saturated rings. The van der Waals surface area contributed by atoms with Crippen LogP contribution in [0.2, 0.25) is 0 Å². The van der Waals surface area contributed by atoms with Gasteiger partial charge in [-0.3, -0.25) is 4.99 Å². The molecule has 126 valence electrons. The molecule has 0 spiro atoms. The fraction of sp³-hybridized carbons (Fsp3) is 0.222. The summed E-state index contributed by atoms with van der Waals surface area (Å²) >= 11 is 3.48. The minimum Gasteiger partial charge on any atom is -0.493 e. The van der Waals surface area contributed by atoms with E-state index in [0.717, 1.165) is 15.7 Å². The molecule has 2 rings (SSSR count). The van der Waals surface area contributed by atoms with E-state index in [0.29, 0.717) is 17.1 Å². The number of aliphatic carboxylic acids is 1. The first-order valence-corrected chi connectivity index (χ1v) is 8.08. The zero-order valence-electron chi connectivity index (χ0n) is 13.6. The van der Waals surface area contributed by atoms with E-state index in [9.17, 15) is 4.79 Å². The van der Waals surface area contributed by atoms with Crippen molar-refractivity contribution in [2.45, 2.75) is 20.0 Å². The molecule has 0 saturated carbocycles. The van der Waals surface area contributed by atoms with Gasteiger partial charge in [-0.25, -0.2) is 4.79 Å². The van der Waals surface area contributed by atoms with Gasteiger partial charge in [-0.2, -0.15) is 0 Å². The van der Waals surface area contributed by atoms with Crippen LogP contribution in [-0.4, -0.2) is 30.5 Å². The van der Waals surface area contributed by atoms with E-state index in [1.54, 1.807) is 24.4 Å². The van der Waals surface area contributed by atoms with Crippen molar-refractivity contribution >= 4 is 33.8 Å². The second-order valence-corrected chi connectivity index (χ2v) is 6.04. The number of rotatable bonds is 6. The Labute approximate surface area is 149 Å². The van der Waals surface area contributed by atoms with Gasteiger partial charge in [0.05, 0.1) is 12.8 Å². The Morgan fingerprint density at radius 2 is 2.08 bits per heavy atom. The van der Waals surface area contributed by atoms with E-state index >= 15 is 0 Å². The molecule has 0 unspecified atom stereocenters. The van der Waals surface area contributed by atoms with Crippen molar-refractivity contribution in [2.24, 2.45) is 4.99 Å². The number of hydrogen-bond donors (Lipinski definition) is 1. The molecule has 0 saturated heterocycles. The van der Waals surface area contributed by atoms with Gasteiger partial charge >= 0.3 is 5.97 Å². The van der Waals surface area contributed by atoms with Gasteiger partial charge in [-0.05, 0) is 59.6 Å². The summed E-state index contributed by atoms with van der Waals surface area (Å²) < 4.78 is 11.7. The van der Waals surface area contributed by atoms with Crippen LogP contribution < -0.4 is 9.47 Å². The SMILES string of the molecule is COc1cccc(C=Nc2ccc(C)cc2Br)c1O[C@H](C)C(=O)O. The van der Waals surface area contributed by atoms with Gasteiger partial charge in [0.2, 0.25) is 0 Å². The van der Waals surface area contributed by atoms with Crippen molar-refractivity contribution in [1.29, 1.82) is 0 Å². The summed E-state index contributed by atoms with van der Waals surface area (Å²) in [6.07, 6.45) is 0.626. The van der Waals surface area contributed by atoms with Crippen LogP contribution in [-0.2, 0) is 4.79 Å². The standard InChI is InChI=1S/C18H18BrNO4/c1-11-7-8-15(14(19)9-11)20-10-13-5-4-6-16(23-3)17(13)24-12(2)18(21)22/h4-10,12H,1-3H3,(H,21,22)/t12-/m1/s1. The van der Waals surface area contributed by atoms with E-state index in [1.807, 2.05) is 25.1 Å². The summed E-state index contributed by atoms with van der Waals surface area (Å²) in [6, 6.07) is 11.1. The summed E-state index contributed by atoms with van der Waals surface area (Å²) in [6.45, 7) is 3.46. The predicted octanol–water partition coefficient (Wildman–Crippen LogP) is 4.37. The Balaban J connectivity index is 2.38. The summed E-state index contributed by atoms with van der Waals surface area (Å²) in [5.41, 5.74) is 2.53. The summed E-state index contributed by atoms with van der Waals surface area (Å²) in [4.78, 5) is 15.5. The van der Waals surface area contributed by atoms with Crippen LogP contribution in [0.5, 0.6) is 11.5 Å². The molecule has 2 aromatic rings. The van der Waals surface area contributed by atoms with Gasteiger partial charge in [0.1, 0.15) is 0 Å². The number of carbonyl (C=O) groups is 1. The van der Waals surface area contributed by atoms with Crippen LogP contribution >= 0.6 is 15.9 Å². The van der Waals surface area contributed by atoms with Crippen LogP contribution in [0.25, 0.3) is 0 Å². The number of carboxylic acid groups (broad SMARTS) is 1. The van der Waals surface area contributed by atoms with E-state index < -0.39 is 12.1 Å². The number of methoxy groups -OCH3 is 1. The van der Waals surface area contributed by atoms with Crippen LogP contribution in [0.3, 0.4) is 0 Å². The maximum atomic E-state index is 11.1. The molecule has 0 bridgehead atoms. The quantitative estimate of drug-likeness (QED) is 0.742. The highest BCUT2D eigenvalue weighted by molar-refractivity contribution is 9.10. The van der Waals surface area contributed by atoms with E-state index in [2.05, 4.69) is 20.9 Å². The van der Waals surface area contributed by atoms with E-state index in [-0.39, 0.29) is 0 Å². The average molecular weight is 392 g/mol. The lowest BCUT2D eigenvalue weighted by Gasteiger charge is -2.15. The van der Waals surface area contributed by atoms with Gasteiger partial charge in [0.25, 0.3) is 0 Å². The number of benzene rings is 2. The molecule has 2 aromatic carbocycles. The maximum absolute atomic E-state index is 11.1. The lowest BCUT2D eigenvalue weighted by molar-refractivity contribution is -0.144. The summed E-state index contributed by atoms with van der Waals surface area (Å²) in [7, 11) is 1.51. The van der Waals surface area contributed by atoms with Gasteiger partial charge < -0.3 is 14.6 Å². The molecular weight excluding hydrogens is 374 g/mol. The minimum absolute atomic E-state index is 0.349. The van der Waals surface area contributed by atoms with Crippen molar-refractivity contribution in [1.82, 2.24) is 0 Å². The Hall–Kier alpha value is -2.34. The van der Waals surface area contributed by atoms with Gasteiger partial charge in [0.15, 0.2) is 17.6 Å². The molecule has 0 aromatic heterocycles. The molecular formula is C18H18BrNO4. The molecule has 0 aliphatic heterocycles. The van der Waals surface area contributed by atoms with Crippen LogP contribution in [0.15, 0.2) is 45.9 Å². The third-order valence-corrected chi connectivity index (χ3v) is 3.95. The third kappa shape index (κ3) is 4.35. The zero-order valence-corrected chi connectivity index (χ0v) is 15.2. The lowest BCUT2D eigenvalue weighted by atomic mass is 10.2. The molecule has 6 heteroatoms. The van der Waals surface area contributed by atoms with Crippen molar-refractivity contribution in [3.63, 3.8) is 0 Å². The van der Waals surface area contributed by atoms with Gasteiger partial charge in [-0.1, -0.05) is 12.1 Å². The Morgan fingerprint density at radius 1 is 1.33 bits per heavy atom. The second-order valence-electron chi connectivity index (χ2n) is 5.19. The topological polar surface area (TPSA) is 68.1 Å². The molecule has 0 aliphatic carbocycles. The first-order valence-electron chi connectivity index (χ1n) is 7.29. The lowest BCUT2D eigenvalue weighted by Crippen LogP contribution is -2.23. The van der Waals surface area contributed by atoms with Crippen molar-refractivity contribution < 1.29 is 19.4 Å². The normalized spacial score (nSPS) is 12.2. The highest BCUT2D eigenvalue weighted by atomic mass is 79.9. The molecule has 24 heavy (non-hydrogen) atoms. The molecule has 1 N–H and O–H groups in total. The zero-order chi connectivity index (χ0) is 17.7. The van der Waals surface area contributed by atoms with Crippen LogP contribution in [0.4, 0.5) is 5.69 Å². The Kier molecular flexibility index (Phi) is 5.98. The van der Waals surface area contributed by atoms with Gasteiger partial charge in [0, 0.05) is 16.3 Å². The minimum atomic E-state index is -1.05. The average Bonchev–Trinajstić information content (AvgIpc) is 2.54. The highest BCUT2D eigenvalue weighted by Gasteiger charge is 2.17. The van der Waals surface area contributed by atoms with Crippen LogP contribution in [0.1, 0.15) is 18.1 Å². The monoisotopic (exact) mass is 391 g/mol. The third-order valence-electron chi connectivity index (χ3n) is 3.32. The maximum Gasteiger partial charge on any atom is 0.344 e. The Morgan fingerprint density at radius 3 is 2.71 bits per heavy atom. The number of halogens is 1. The number of hydrogen-bond acceptors (Lipinski definition) is 4. The molecule has 0 aliphatic rings. The highest BCUT2D eigenvalue weighted by Crippen LogP contribution is 2.32. The number of ether oxygens (including phenoxy) is 2. The molecule has 5 nitrogen and oxygen atoms in total. The fourth-order valence-electron chi connectivity index (χ4n) is 2.00. The molecule has 0 heterocycles. The Bertz CT molecular complexity index is 774. The first-order chi connectivity index (χ1) is 11.4. The van der Waals surface area contributed by atoms with E-state index in [4.69, 9.17) is 14.6 Å². The van der Waals surface area contributed by atoms with Crippen molar-refractivity contribution in [3.05, 3.63) is 52.0 Å². The number of aryl methyl sites for hydroxylation is 1. The number of carboxylic acids is 1. The van der Waals surface area contributed by atoms with Crippen molar-refractivity contribution in [2.75, 3.05) is 7.11 Å². The number of nitrogens with zero attached hydrogens (tertiary/aromatic N) is 1. The second kappa shape index (κ2) is 7.97. The fourth-order valence-corrected chi connectivity index (χ4v) is 2.60. The number of aliphatic imine (C=N–C) groups is 1. The molecule has 1 atom stereocenters. The summed E-state index contributed by atoms with van der Waals surface area (Å²) in [5.74, 6) is -0.248. The largest absolute Gasteiger partial charge is 0.493 e. The van der Waals surface area contributed by atoms with Crippen molar-refractivity contribution in [3.8, 4) is 11.5 Å². The molecule has 0 amide bonds. The molecule has 0 radical (unpaired) electrons.